The molecule has 2 N–H and O–H groups in total. The second-order valence-corrected chi connectivity index (χ2v) is 7.08. The van der Waals surface area contributed by atoms with Crippen molar-refractivity contribution in [3.05, 3.63) is 36.2 Å². The molecule has 0 aliphatic carbocycles. The molecule has 3 aromatic heterocycles. The molecule has 0 bridgehead atoms. The molecule has 152 valence electrons. The van der Waals surface area contributed by atoms with Crippen LogP contribution >= 0.6 is 24.8 Å². The van der Waals surface area contributed by atoms with Gasteiger partial charge in [0.15, 0.2) is 11.4 Å². The van der Waals surface area contributed by atoms with Gasteiger partial charge in [0, 0.05) is 25.2 Å². The number of piperidine rings is 1. The Morgan fingerprint density at radius 2 is 2.00 bits per heavy atom. The van der Waals surface area contributed by atoms with Gasteiger partial charge in [-0.05, 0) is 44.9 Å². The molecule has 0 unspecified atom stereocenters. The lowest BCUT2D eigenvalue weighted by Gasteiger charge is -2.30. The first-order valence-electron chi connectivity index (χ1n) is 9.01. The van der Waals surface area contributed by atoms with E-state index in [4.69, 9.17) is 15.1 Å². The van der Waals surface area contributed by atoms with Gasteiger partial charge in [0.2, 0.25) is 0 Å². The Bertz CT molecular complexity index is 931. The van der Waals surface area contributed by atoms with Crippen LogP contribution in [0.4, 0.5) is 0 Å². The number of likely N-dealkylation sites (tertiary alicyclic amines) is 1. The summed E-state index contributed by atoms with van der Waals surface area (Å²) in [4.78, 5) is 19.8. The van der Waals surface area contributed by atoms with E-state index in [0.717, 1.165) is 18.2 Å². The predicted octanol–water partition coefficient (Wildman–Crippen LogP) is 3.68. The van der Waals surface area contributed by atoms with Gasteiger partial charge < -0.3 is 15.1 Å². The number of fused-ring (bicyclic) bond motifs is 1. The molecule has 4 heterocycles. The highest BCUT2D eigenvalue weighted by molar-refractivity contribution is 6.06. The minimum absolute atomic E-state index is 0. The van der Waals surface area contributed by atoms with Crippen molar-refractivity contribution in [1.82, 2.24) is 19.7 Å². The molecule has 0 aromatic carbocycles. The van der Waals surface area contributed by atoms with E-state index in [1.54, 1.807) is 12.5 Å². The number of carbonyl (C=O) groups is 1. The van der Waals surface area contributed by atoms with E-state index in [1.165, 1.54) is 0 Å². The van der Waals surface area contributed by atoms with Gasteiger partial charge >= 0.3 is 0 Å². The molecular formula is C19H25Cl2N5O2. The summed E-state index contributed by atoms with van der Waals surface area (Å²) in [6.07, 6.45) is 5.00. The Morgan fingerprint density at radius 1 is 1.29 bits per heavy atom. The summed E-state index contributed by atoms with van der Waals surface area (Å²) < 4.78 is 7.34. The summed E-state index contributed by atoms with van der Waals surface area (Å²) in [6.45, 7) is 5.44. The second kappa shape index (κ2) is 8.94. The Kier molecular flexibility index (Phi) is 7.09. The number of amides is 1. The van der Waals surface area contributed by atoms with E-state index >= 15 is 0 Å². The molecule has 4 rings (SSSR count). The summed E-state index contributed by atoms with van der Waals surface area (Å²) >= 11 is 0. The number of nitrogens with zero attached hydrogens (tertiary/aromatic N) is 4. The van der Waals surface area contributed by atoms with E-state index in [2.05, 4.69) is 5.10 Å². The number of hydrogen-bond donors (Lipinski definition) is 1. The fraction of sp³-hybridized carbons (Fsp3) is 0.421. The molecule has 1 aliphatic heterocycles. The third-order valence-electron chi connectivity index (χ3n) is 4.89. The van der Waals surface area contributed by atoms with Gasteiger partial charge in [0.05, 0.1) is 23.4 Å². The van der Waals surface area contributed by atoms with E-state index in [9.17, 15) is 4.79 Å². The van der Waals surface area contributed by atoms with Crippen molar-refractivity contribution in [2.75, 3.05) is 13.1 Å². The summed E-state index contributed by atoms with van der Waals surface area (Å²) in [5, 5.41) is 5.22. The number of nitrogens with two attached hydrogens (primary N) is 1. The molecule has 7 nitrogen and oxygen atoms in total. The lowest BCUT2D eigenvalue weighted by molar-refractivity contribution is 0.0716. The van der Waals surface area contributed by atoms with E-state index in [-0.39, 0.29) is 42.8 Å². The van der Waals surface area contributed by atoms with Crippen molar-refractivity contribution in [1.29, 1.82) is 0 Å². The predicted molar refractivity (Wildman–Crippen MR) is 113 cm³/mol. The molecule has 1 aliphatic rings. The van der Waals surface area contributed by atoms with Crippen LogP contribution in [0.15, 0.2) is 35.1 Å². The van der Waals surface area contributed by atoms with Gasteiger partial charge in [-0.3, -0.25) is 4.79 Å². The Labute approximate surface area is 176 Å². The van der Waals surface area contributed by atoms with Gasteiger partial charge in [-0.1, -0.05) is 0 Å². The van der Waals surface area contributed by atoms with Crippen molar-refractivity contribution in [2.24, 2.45) is 5.73 Å². The van der Waals surface area contributed by atoms with Crippen LogP contribution in [0, 0.1) is 0 Å². The highest BCUT2D eigenvalue weighted by Crippen LogP contribution is 2.28. The normalized spacial score (nSPS) is 14.8. The highest BCUT2D eigenvalue weighted by Gasteiger charge is 2.25. The second-order valence-electron chi connectivity index (χ2n) is 7.08. The van der Waals surface area contributed by atoms with Crippen molar-refractivity contribution in [2.45, 2.75) is 38.8 Å². The SMILES string of the molecule is CC(C)n1ncc2c(C(=O)N3CCC(N)CC3)cc(-c3ccco3)nc21.Cl.Cl. The van der Waals surface area contributed by atoms with E-state index < -0.39 is 0 Å². The van der Waals surface area contributed by atoms with Crippen LogP contribution in [0.25, 0.3) is 22.5 Å². The quantitative estimate of drug-likeness (QED) is 0.690. The minimum atomic E-state index is 0. The zero-order chi connectivity index (χ0) is 18.3. The fourth-order valence-electron chi connectivity index (χ4n) is 3.40. The Balaban J connectivity index is 0.00000140. The average Bonchev–Trinajstić information content (AvgIpc) is 3.30. The maximum Gasteiger partial charge on any atom is 0.254 e. The van der Waals surface area contributed by atoms with Gasteiger partial charge in [-0.15, -0.1) is 24.8 Å². The first-order valence-corrected chi connectivity index (χ1v) is 9.01. The molecule has 1 saturated heterocycles. The zero-order valence-corrected chi connectivity index (χ0v) is 17.5. The van der Waals surface area contributed by atoms with Crippen LogP contribution in [-0.4, -0.2) is 44.7 Å². The summed E-state index contributed by atoms with van der Waals surface area (Å²) in [5.41, 5.74) is 7.93. The van der Waals surface area contributed by atoms with E-state index in [0.29, 0.717) is 35.8 Å². The number of aromatic nitrogens is 3. The third kappa shape index (κ3) is 4.01. The standard InChI is InChI=1S/C19H23N5O2.2ClH/c1-12(2)24-18-15(11-21-24)14(10-16(22-18)17-4-3-9-26-17)19(25)23-7-5-13(20)6-8-23;;/h3-4,9-13H,5-8,20H2,1-2H3;2*1H. The lowest BCUT2D eigenvalue weighted by Crippen LogP contribution is -2.42. The molecule has 0 atom stereocenters. The van der Waals surface area contributed by atoms with Crippen molar-refractivity contribution >= 4 is 41.8 Å². The average molecular weight is 426 g/mol. The molecule has 0 radical (unpaired) electrons. The molecule has 1 amide bonds. The van der Waals surface area contributed by atoms with Gasteiger partial charge in [-0.25, -0.2) is 9.67 Å². The molecule has 0 spiro atoms. The zero-order valence-electron chi connectivity index (χ0n) is 15.9. The first kappa shape index (κ1) is 22.2. The lowest BCUT2D eigenvalue weighted by atomic mass is 10.0. The van der Waals surface area contributed by atoms with Crippen LogP contribution in [0.3, 0.4) is 0 Å². The summed E-state index contributed by atoms with van der Waals surface area (Å²) in [7, 11) is 0. The van der Waals surface area contributed by atoms with Gasteiger partial charge in [-0.2, -0.15) is 5.10 Å². The van der Waals surface area contributed by atoms with Crippen molar-refractivity contribution in [3.63, 3.8) is 0 Å². The van der Waals surface area contributed by atoms with Crippen LogP contribution in [0.1, 0.15) is 43.1 Å². The number of hydrogen-bond acceptors (Lipinski definition) is 5. The van der Waals surface area contributed by atoms with Crippen LogP contribution in [0.2, 0.25) is 0 Å². The first-order chi connectivity index (χ1) is 12.5. The maximum atomic E-state index is 13.2. The molecule has 3 aromatic rings. The minimum Gasteiger partial charge on any atom is -0.463 e. The third-order valence-corrected chi connectivity index (χ3v) is 4.89. The number of rotatable bonds is 3. The monoisotopic (exact) mass is 425 g/mol. The molecule has 0 saturated carbocycles. The van der Waals surface area contributed by atoms with Crippen LogP contribution < -0.4 is 5.73 Å². The van der Waals surface area contributed by atoms with Gasteiger partial charge in [0.25, 0.3) is 5.91 Å². The van der Waals surface area contributed by atoms with Crippen molar-refractivity contribution in [3.8, 4) is 11.5 Å². The maximum absolute atomic E-state index is 13.2. The summed E-state index contributed by atoms with van der Waals surface area (Å²) in [5.74, 6) is 0.638. The Morgan fingerprint density at radius 3 is 2.61 bits per heavy atom. The molecule has 1 fully saturated rings. The van der Waals surface area contributed by atoms with Crippen LogP contribution in [-0.2, 0) is 0 Å². The topological polar surface area (TPSA) is 90.2 Å². The van der Waals surface area contributed by atoms with Crippen LogP contribution in [0.5, 0.6) is 0 Å². The number of pyridine rings is 1. The fourth-order valence-corrected chi connectivity index (χ4v) is 3.40. The van der Waals surface area contributed by atoms with E-state index in [1.807, 2.05) is 41.6 Å². The number of halogens is 2. The molecular weight excluding hydrogens is 401 g/mol. The highest BCUT2D eigenvalue weighted by atomic mass is 35.5. The summed E-state index contributed by atoms with van der Waals surface area (Å²) in [6, 6.07) is 5.79. The number of furan rings is 1. The number of carbonyl (C=O) groups excluding carboxylic acids is 1. The smallest absolute Gasteiger partial charge is 0.254 e. The molecule has 28 heavy (non-hydrogen) atoms. The largest absolute Gasteiger partial charge is 0.463 e. The van der Waals surface area contributed by atoms with Crippen molar-refractivity contribution < 1.29 is 9.21 Å². The van der Waals surface area contributed by atoms with Gasteiger partial charge in [0.1, 0.15) is 5.69 Å². The molecule has 9 heteroatoms. The Hall–Kier alpha value is -2.09.